The van der Waals surface area contributed by atoms with Gasteiger partial charge in [-0.3, -0.25) is 10.2 Å². The van der Waals surface area contributed by atoms with Crippen LogP contribution in [0.25, 0.3) is 28.2 Å². The Labute approximate surface area is 175 Å². The van der Waals surface area contributed by atoms with Gasteiger partial charge in [-0.25, -0.2) is 9.88 Å². The van der Waals surface area contributed by atoms with Crippen molar-refractivity contribution in [2.24, 2.45) is 7.05 Å². The second-order valence-corrected chi connectivity index (χ2v) is 8.48. The molecule has 1 fully saturated rings. The third-order valence-electron chi connectivity index (χ3n) is 4.90. The van der Waals surface area contributed by atoms with E-state index in [1.165, 1.54) is 28.0 Å². The van der Waals surface area contributed by atoms with Crippen molar-refractivity contribution in [1.29, 1.82) is 5.41 Å². The highest BCUT2D eigenvalue weighted by molar-refractivity contribution is 8.19. The molecule has 0 spiro atoms. The Balaban J connectivity index is 1.70. The summed E-state index contributed by atoms with van der Waals surface area (Å²) in [6.45, 7) is 0. The maximum Gasteiger partial charge on any atom is 0.273 e. The number of hydrogen-bond acceptors (Lipinski definition) is 5. The molecule has 1 aliphatic rings. The van der Waals surface area contributed by atoms with Crippen LogP contribution in [0.2, 0.25) is 0 Å². The number of rotatable bonds is 3. The van der Waals surface area contributed by atoms with E-state index in [2.05, 4.69) is 33.8 Å². The highest BCUT2D eigenvalue weighted by atomic mass is 32.2. The van der Waals surface area contributed by atoms with E-state index < -0.39 is 0 Å². The van der Waals surface area contributed by atoms with Gasteiger partial charge in [0.2, 0.25) is 0 Å². The van der Waals surface area contributed by atoms with Gasteiger partial charge in [0.15, 0.2) is 10.3 Å². The van der Waals surface area contributed by atoms with Crippen molar-refractivity contribution in [3.8, 4) is 11.3 Å². The third-order valence-corrected chi connectivity index (χ3v) is 6.55. The number of nitrogens with one attached hydrogen (secondary N) is 1. The second-order valence-electron chi connectivity index (χ2n) is 6.58. The van der Waals surface area contributed by atoms with Gasteiger partial charge < -0.3 is 4.57 Å². The van der Waals surface area contributed by atoms with E-state index in [1.807, 2.05) is 43.5 Å². The number of anilines is 1. The number of amides is 1. The van der Waals surface area contributed by atoms with Gasteiger partial charge in [-0.2, -0.15) is 0 Å². The lowest BCUT2D eigenvalue weighted by Crippen LogP contribution is -2.27. The summed E-state index contributed by atoms with van der Waals surface area (Å²) >= 11 is 2.53. The first-order valence-electron chi connectivity index (χ1n) is 9.00. The van der Waals surface area contributed by atoms with E-state index in [1.54, 1.807) is 11.6 Å². The molecule has 1 amide bonds. The normalized spacial score (nSPS) is 15.8. The summed E-state index contributed by atoms with van der Waals surface area (Å²) in [4.78, 5) is 19.2. The van der Waals surface area contributed by atoms with Crippen molar-refractivity contribution in [3.63, 3.8) is 0 Å². The summed E-state index contributed by atoms with van der Waals surface area (Å²) in [6.07, 6.45) is 3.56. The first-order valence-corrected chi connectivity index (χ1v) is 10.7. The number of nitrogens with zero attached hydrogens (tertiary/aromatic N) is 3. The predicted molar refractivity (Wildman–Crippen MR) is 121 cm³/mol. The highest BCUT2D eigenvalue weighted by Crippen LogP contribution is 2.40. The predicted octanol–water partition coefficient (Wildman–Crippen LogP) is 5.36. The van der Waals surface area contributed by atoms with Crippen LogP contribution in [0.4, 0.5) is 5.13 Å². The van der Waals surface area contributed by atoms with Gasteiger partial charge in [0.1, 0.15) is 0 Å². The number of benzene rings is 2. The maximum absolute atomic E-state index is 13.1. The van der Waals surface area contributed by atoms with Crippen molar-refractivity contribution in [3.05, 3.63) is 76.6 Å². The van der Waals surface area contributed by atoms with Crippen LogP contribution >= 0.6 is 23.1 Å². The summed E-state index contributed by atoms with van der Waals surface area (Å²) in [5.74, 6) is -0.207. The smallest absolute Gasteiger partial charge is 0.273 e. The van der Waals surface area contributed by atoms with Gasteiger partial charge >= 0.3 is 0 Å². The van der Waals surface area contributed by atoms with Crippen molar-refractivity contribution >= 4 is 56.3 Å². The van der Waals surface area contributed by atoms with Crippen molar-refractivity contribution < 1.29 is 4.79 Å². The Bertz CT molecular complexity index is 1270. The van der Waals surface area contributed by atoms with E-state index in [9.17, 15) is 4.79 Å². The number of aromatic nitrogens is 2. The fraction of sp³-hybridized carbons (Fsp3) is 0.0455. The average Bonchev–Trinajstić information content (AvgIpc) is 3.42. The minimum atomic E-state index is -0.207. The van der Waals surface area contributed by atoms with Crippen molar-refractivity contribution in [1.82, 2.24) is 9.55 Å². The summed E-state index contributed by atoms with van der Waals surface area (Å²) in [6, 6.07) is 18.3. The molecule has 3 heterocycles. The highest BCUT2D eigenvalue weighted by Gasteiger charge is 2.35. The van der Waals surface area contributed by atoms with Gasteiger partial charge in [0.05, 0.1) is 10.6 Å². The molecule has 1 N–H and O–H groups in total. The molecule has 2 aromatic heterocycles. The number of thiazole rings is 1. The first kappa shape index (κ1) is 17.9. The molecule has 1 aliphatic heterocycles. The van der Waals surface area contributed by atoms with Crippen LogP contribution in [-0.4, -0.2) is 20.6 Å². The topological polar surface area (TPSA) is 62.0 Å². The SMILES string of the molecule is Cn1c(-c2ccccc2)c(/C=C2\SC(=N)N(c3nccs3)C2=O)c2ccccc21. The molecule has 29 heavy (non-hydrogen) atoms. The molecule has 0 saturated carbocycles. The number of carbonyl (C=O) groups is 1. The molecule has 5 rings (SSSR count). The molecular weight excluding hydrogens is 400 g/mol. The van der Waals surface area contributed by atoms with E-state index in [0.29, 0.717) is 10.0 Å². The first-order chi connectivity index (χ1) is 14.1. The molecule has 0 aliphatic carbocycles. The monoisotopic (exact) mass is 416 g/mol. The Kier molecular flexibility index (Phi) is 4.34. The number of thioether (sulfide) groups is 1. The van der Waals surface area contributed by atoms with Gasteiger partial charge in [-0.1, -0.05) is 48.5 Å². The quantitative estimate of drug-likeness (QED) is 0.458. The van der Waals surface area contributed by atoms with Crippen LogP contribution in [0.1, 0.15) is 5.56 Å². The zero-order valence-corrected chi connectivity index (χ0v) is 17.1. The Morgan fingerprint density at radius 1 is 1.07 bits per heavy atom. The molecule has 0 atom stereocenters. The maximum atomic E-state index is 13.1. The zero-order valence-electron chi connectivity index (χ0n) is 15.5. The van der Waals surface area contributed by atoms with E-state index >= 15 is 0 Å². The molecule has 0 unspecified atom stereocenters. The summed E-state index contributed by atoms with van der Waals surface area (Å²) in [7, 11) is 2.04. The van der Waals surface area contributed by atoms with Gasteiger partial charge in [0, 0.05) is 35.1 Å². The zero-order chi connectivity index (χ0) is 20.0. The number of fused-ring (bicyclic) bond motifs is 1. The Morgan fingerprint density at radius 3 is 2.59 bits per heavy atom. The summed E-state index contributed by atoms with van der Waals surface area (Å²) in [5, 5.41) is 11.9. The molecule has 2 aromatic carbocycles. The van der Waals surface area contributed by atoms with Gasteiger partial charge in [0.25, 0.3) is 5.91 Å². The van der Waals surface area contributed by atoms with Crippen LogP contribution in [-0.2, 0) is 11.8 Å². The number of hydrogen-bond donors (Lipinski definition) is 1. The fourth-order valence-corrected chi connectivity index (χ4v) is 5.16. The van der Waals surface area contributed by atoms with Crippen LogP contribution in [0.3, 0.4) is 0 Å². The van der Waals surface area contributed by atoms with Crippen LogP contribution in [0.5, 0.6) is 0 Å². The minimum Gasteiger partial charge on any atom is -0.343 e. The lowest BCUT2D eigenvalue weighted by atomic mass is 10.0. The minimum absolute atomic E-state index is 0.178. The second kappa shape index (κ2) is 7.02. The standard InChI is InChI=1S/C22H16N4OS2/c1-25-17-10-6-5-9-15(17)16(19(25)14-7-3-2-4-8-14)13-18-20(27)26(21(23)29-18)22-24-11-12-28-22/h2-13,23H,1H3/b18-13-,23-21?. The lowest BCUT2D eigenvalue weighted by molar-refractivity contribution is -0.113. The number of aryl methyl sites for hydroxylation is 1. The number of amidine groups is 1. The molecule has 4 aromatic rings. The molecule has 0 radical (unpaired) electrons. The van der Waals surface area contributed by atoms with Crippen molar-refractivity contribution in [2.75, 3.05) is 4.90 Å². The number of para-hydroxylation sites is 1. The lowest BCUT2D eigenvalue weighted by Gasteiger charge is -2.09. The van der Waals surface area contributed by atoms with Crippen LogP contribution in [0, 0.1) is 5.41 Å². The fourth-order valence-electron chi connectivity index (χ4n) is 3.63. The van der Waals surface area contributed by atoms with Crippen LogP contribution in [0.15, 0.2) is 71.1 Å². The molecule has 1 saturated heterocycles. The van der Waals surface area contributed by atoms with E-state index in [4.69, 9.17) is 5.41 Å². The number of carbonyl (C=O) groups excluding carboxylic acids is 1. The molecule has 0 bridgehead atoms. The Morgan fingerprint density at radius 2 is 1.83 bits per heavy atom. The average molecular weight is 417 g/mol. The van der Waals surface area contributed by atoms with E-state index in [-0.39, 0.29) is 11.1 Å². The largest absolute Gasteiger partial charge is 0.343 e. The molecule has 5 nitrogen and oxygen atoms in total. The molecule has 7 heteroatoms. The summed E-state index contributed by atoms with van der Waals surface area (Å²) in [5.41, 5.74) is 4.21. The van der Waals surface area contributed by atoms with Gasteiger partial charge in [-0.15, -0.1) is 11.3 Å². The van der Waals surface area contributed by atoms with Gasteiger partial charge in [-0.05, 0) is 29.5 Å². The Hall–Kier alpha value is -3.16. The summed E-state index contributed by atoms with van der Waals surface area (Å²) < 4.78 is 2.16. The van der Waals surface area contributed by atoms with E-state index in [0.717, 1.165) is 27.7 Å². The van der Waals surface area contributed by atoms with Crippen molar-refractivity contribution in [2.45, 2.75) is 0 Å². The van der Waals surface area contributed by atoms with Crippen LogP contribution < -0.4 is 4.90 Å². The molecular formula is C22H16N4OS2. The molecule has 142 valence electrons. The third kappa shape index (κ3) is 2.90.